The van der Waals surface area contributed by atoms with Gasteiger partial charge in [0.2, 0.25) is 5.91 Å². The summed E-state index contributed by atoms with van der Waals surface area (Å²) in [4.78, 5) is 38.8. The van der Waals surface area contributed by atoms with Crippen molar-refractivity contribution in [1.82, 2.24) is 5.32 Å². The van der Waals surface area contributed by atoms with Gasteiger partial charge >= 0.3 is 0 Å². The van der Waals surface area contributed by atoms with Gasteiger partial charge < -0.3 is 20.3 Å². The van der Waals surface area contributed by atoms with E-state index in [1.165, 1.54) is 0 Å². The number of carbonyl (C=O) groups is 3. The predicted octanol–water partition coefficient (Wildman–Crippen LogP) is 2.19. The van der Waals surface area contributed by atoms with Crippen LogP contribution in [-0.4, -0.2) is 36.9 Å². The van der Waals surface area contributed by atoms with Gasteiger partial charge in [-0.15, -0.1) is 6.42 Å². The average molecular weight is 391 g/mol. The number of anilines is 2. The number of hydrogen-bond donors (Lipinski definition) is 2. The molecule has 1 heterocycles. The summed E-state index contributed by atoms with van der Waals surface area (Å²) >= 11 is 0. The molecule has 0 radical (unpaired) electrons. The van der Waals surface area contributed by atoms with E-state index in [9.17, 15) is 14.4 Å². The van der Waals surface area contributed by atoms with Crippen LogP contribution in [-0.2, 0) is 9.59 Å². The molecule has 29 heavy (non-hydrogen) atoms. The van der Waals surface area contributed by atoms with E-state index in [-0.39, 0.29) is 37.2 Å². The molecule has 0 bridgehead atoms. The number of ether oxygens (including phenoxy) is 1. The topological polar surface area (TPSA) is 87.7 Å². The molecule has 1 aliphatic heterocycles. The van der Waals surface area contributed by atoms with Gasteiger partial charge in [0, 0.05) is 13.0 Å². The van der Waals surface area contributed by atoms with Crippen molar-refractivity contribution in [1.29, 1.82) is 0 Å². The van der Waals surface area contributed by atoms with Crippen LogP contribution in [0.4, 0.5) is 11.4 Å². The van der Waals surface area contributed by atoms with Gasteiger partial charge in [0.1, 0.15) is 5.75 Å². The summed E-state index contributed by atoms with van der Waals surface area (Å²) in [6.45, 7) is 1.97. The molecular weight excluding hydrogens is 370 g/mol. The summed E-state index contributed by atoms with van der Waals surface area (Å²) < 4.78 is 5.60. The lowest BCUT2D eigenvalue weighted by Gasteiger charge is -2.32. The molecule has 2 aromatic carbocycles. The molecular formula is C22H21N3O4. The Kier molecular flexibility index (Phi) is 6.15. The Morgan fingerprint density at radius 1 is 1.17 bits per heavy atom. The molecule has 0 saturated heterocycles. The molecule has 2 aromatic rings. The predicted molar refractivity (Wildman–Crippen MR) is 110 cm³/mol. The molecule has 0 aliphatic carbocycles. The van der Waals surface area contributed by atoms with Gasteiger partial charge in [0.05, 0.1) is 23.5 Å². The summed E-state index contributed by atoms with van der Waals surface area (Å²) in [6.07, 6.45) is 4.61. The largest absolute Gasteiger partial charge is 0.479 e. The molecule has 0 saturated carbocycles. The van der Waals surface area contributed by atoms with E-state index in [4.69, 9.17) is 11.2 Å². The standard InChI is InChI=1S/C22H21N3O4/c1-3-13-23-21(27)16-8-4-5-9-17(16)24-20(26)12-14-25-18-10-6-7-11-19(18)29-15(2)22(25)28/h1,4-11,15H,12-14H2,2H3,(H,23,27)(H,24,26). The van der Waals surface area contributed by atoms with Crippen molar-refractivity contribution in [2.24, 2.45) is 0 Å². The van der Waals surface area contributed by atoms with Gasteiger partial charge in [0.25, 0.3) is 11.8 Å². The fraction of sp³-hybridized carbons (Fsp3) is 0.227. The fourth-order valence-electron chi connectivity index (χ4n) is 3.03. The molecule has 0 aromatic heterocycles. The van der Waals surface area contributed by atoms with Crippen molar-refractivity contribution in [3.05, 3.63) is 54.1 Å². The highest BCUT2D eigenvalue weighted by molar-refractivity contribution is 6.04. The van der Waals surface area contributed by atoms with Gasteiger partial charge in [-0.1, -0.05) is 30.2 Å². The molecule has 0 fully saturated rings. The first-order chi connectivity index (χ1) is 14.0. The Balaban J connectivity index is 1.68. The molecule has 7 nitrogen and oxygen atoms in total. The zero-order valence-corrected chi connectivity index (χ0v) is 16.0. The third kappa shape index (κ3) is 4.55. The second-order valence-corrected chi connectivity index (χ2v) is 6.45. The smallest absolute Gasteiger partial charge is 0.267 e. The van der Waals surface area contributed by atoms with Crippen molar-refractivity contribution in [2.45, 2.75) is 19.4 Å². The second-order valence-electron chi connectivity index (χ2n) is 6.45. The van der Waals surface area contributed by atoms with Crippen molar-refractivity contribution in [2.75, 3.05) is 23.3 Å². The monoisotopic (exact) mass is 391 g/mol. The van der Waals surface area contributed by atoms with Gasteiger partial charge in [-0.25, -0.2) is 0 Å². The maximum absolute atomic E-state index is 12.5. The van der Waals surface area contributed by atoms with Crippen molar-refractivity contribution >= 4 is 29.1 Å². The minimum Gasteiger partial charge on any atom is -0.479 e. The van der Waals surface area contributed by atoms with Crippen molar-refractivity contribution in [3.8, 4) is 18.1 Å². The highest BCUT2D eigenvalue weighted by atomic mass is 16.5. The van der Waals surface area contributed by atoms with Crippen LogP contribution in [0.2, 0.25) is 0 Å². The van der Waals surface area contributed by atoms with Crippen LogP contribution in [0.3, 0.4) is 0 Å². The fourth-order valence-corrected chi connectivity index (χ4v) is 3.03. The summed E-state index contributed by atoms with van der Waals surface area (Å²) in [7, 11) is 0. The van der Waals surface area contributed by atoms with E-state index in [2.05, 4.69) is 16.6 Å². The molecule has 2 N–H and O–H groups in total. The number of nitrogens with zero attached hydrogens (tertiary/aromatic N) is 1. The SMILES string of the molecule is C#CCNC(=O)c1ccccc1NC(=O)CCN1C(=O)C(C)Oc2ccccc21. The number of terminal acetylenes is 1. The molecule has 1 unspecified atom stereocenters. The molecule has 7 heteroatoms. The lowest BCUT2D eigenvalue weighted by Crippen LogP contribution is -2.45. The molecule has 3 amide bonds. The van der Waals surface area contributed by atoms with E-state index in [1.54, 1.807) is 48.2 Å². The molecule has 1 aliphatic rings. The first kappa shape index (κ1) is 20.0. The number of carbonyl (C=O) groups excluding carboxylic acids is 3. The molecule has 3 rings (SSSR count). The molecule has 1 atom stereocenters. The van der Waals surface area contributed by atoms with E-state index in [0.29, 0.717) is 22.7 Å². The van der Waals surface area contributed by atoms with E-state index >= 15 is 0 Å². The second kappa shape index (κ2) is 8.93. The zero-order valence-electron chi connectivity index (χ0n) is 16.0. The van der Waals surface area contributed by atoms with E-state index in [0.717, 1.165) is 0 Å². The number of rotatable bonds is 6. The first-order valence-electron chi connectivity index (χ1n) is 9.19. The maximum atomic E-state index is 12.5. The van der Waals surface area contributed by atoms with Crippen molar-refractivity contribution < 1.29 is 19.1 Å². The Morgan fingerprint density at radius 3 is 2.69 bits per heavy atom. The van der Waals surface area contributed by atoms with Crippen molar-refractivity contribution in [3.63, 3.8) is 0 Å². The molecule has 0 spiro atoms. The van der Waals surface area contributed by atoms with Gasteiger partial charge in [-0.2, -0.15) is 0 Å². The summed E-state index contributed by atoms with van der Waals surface area (Å²) in [5.74, 6) is 2.05. The van der Waals surface area contributed by atoms with Crippen LogP contribution in [0.5, 0.6) is 5.75 Å². The lowest BCUT2D eigenvalue weighted by molar-refractivity contribution is -0.125. The van der Waals surface area contributed by atoms with Gasteiger partial charge in [-0.3, -0.25) is 14.4 Å². The summed E-state index contributed by atoms with van der Waals surface area (Å²) in [6, 6.07) is 13.9. The molecule has 148 valence electrons. The normalized spacial score (nSPS) is 15.0. The van der Waals surface area contributed by atoms with E-state index in [1.807, 2.05) is 12.1 Å². The number of benzene rings is 2. The van der Waals surface area contributed by atoms with Crippen LogP contribution in [0.25, 0.3) is 0 Å². The number of nitrogens with one attached hydrogen (secondary N) is 2. The van der Waals surface area contributed by atoms with Gasteiger partial charge in [-0.05, 0) is 31.2 Å². The average Bonchev–Trinajstić information content (AvgIpc) is 2.72. The first-order valence-corrected chi connectivity index (χ1v) is 9.19. The Morgan fingerprint density at radius 2 is 1.90 bits per heavy atom. The minimum absolute atomic E-state index is 0.0626. The summed E-state index contributed by atoms with van der Waals surface area (Å²) in [5.41, 5.74) is 1.34. The zero-order chi connectivity index (χ0) is 20.8. The lowest BCUT2D eigenvalue weighted by atomic mass is 10.1. The Labute approximate surface area is 169 Å². The number of para-hydroxylation sites is 3. The van der Waals surface area contributed by atoms with E-state index < -0.39 is 6.10 Å². The van der Waals surface area contributed by atoms with Crippen LogP contribution in [0.15, 0.2) is 48.5 Å². The highest BCUT2D eigenvalue weighted by Crippen LogP contribution is 2.33. The van der Waals surface area contributed by atoms with Crippen LogP contribution < -0.4 is 20.3 Å². The number of fused-ring (bicyclic) bond motifs is 1. The van der Waals surface area contributed by atoms with Crippen LogP contribution >= 0.6 is 0 Å². The quantitative estimate of drug-likeness (QED) is 0.739. The Hall–Kier alpha value is -3.79. The highest BCUT2D eigenvalue weighted by Gasteiger charge is 2.31. The number of amides is 3. The maximum Gasteiger partial charge on any atom is 0.267 e. The van der Waals surface area contributed by atoms with Crippen LogP contribution in [0, 0.1) is 12.3 Å². The Bertz CT molecular complexity index is 980. The third-order valence-corrected chi connectivity index (χ3v) is 4.43. The minimum atomic E-state index is -0.617. The number of hydrogen-bond acceptors (Lipinski definition) is 4. The van der Waals surface area contributed by atoms with Crippen LogP contribution in [0.1, 0.15) is 23.7 Å². The third-order valence-electron chi connectivity index (χ3n) is 4.43. The van der Waals surface area contributed by atoms with Gasteiger partial charge in [0.15, 0.2) is 6.10 Å². The summed E-state index contributed by atoms with van der Waals surface area (Å²) in [5, 5.41) is 5.31.